The van der Waals surface area contributed by atoms with Crippen LogP contribution in [-0.4, -0.2) is 11.6 Å². The van der Waals surface area contributed by atoms with Crippen molar-refractivity contribution in [1.29, 1.82) is 0 Å². The molecule has 0 aliphatic rings. The van der Waals surface area contributed by atoms with Crippen LogP contribution in [0.4, 0.5) is 4.39 Å². The van der Waals surface area contributed by atoms with E-state index in [0.717, 1.165) is 5.56 Å². The molecule has 0 fully saturated rings. The molecule has 0 N–H and O–H groups in total. The largest absolute Gasteiger partial charge is 0.494 e. The summed E-state index contributed by atoms with van der Waals surface area (Å²) in [5.74, 6) is 0.448. The van der Waals surface area contributed by atoms with Gasteiger partial charge in [-0.25, -0.2) is 4.39 Å². The SMILES string of the molecule is CCOc1ccnc(-c2ccc(C)cc2F)c1. The molecule has 0 unspecified atom stereocenters. The van der Waals surface area contributed by atoms with Crippen LogP contribution >= 0.6 is 0 Å². The van der Waals surface area contributed by atoms with Gasteiger partial charge < -0.3 is 4.74 Å². The summed E-state index contributed by atoms with van der Waals surface area (Å²) in [6.07, 6.45) is 1.62. The summed E-state index contributed by atoms with van der Waals surface area (Å²) in [5, 5.41) is 0. The van der Waals surface area contributed by atoms with Crippen LogP contribution in [0.2, 0.25) is 0 Å². The second kappa shape index (κ2) is 4.95. The minimum Gasteiger partial charge on any atom is -0.494 e. The van der Waals surface area contributed by atoms with Gasteiger partial charge in [0.1, 0.15) is 11.6 Å². The molecule has 0 amide bonds. The second-order valence-corrected chi connectivity index (χ2v) is 3.79. The van der Waals surface area contributed by atoms with Crippen LogP contribution in [0.25, 0.3) is 11.3 Å². The van der Waals surface area contributed by atoms with Gasteiger partial charge in [-0.2, -0.15) is 0 Å². The number of pyridine rings is 1. The Kier molecular flexibility index (Phi) is 3.38. The molecule has 1 aromatic heterocycles. The highest BCUT2D eigenvalue weighted by molar-refractivity contribution is 5.61. The van der Waals surface area contributed by atoms with E-state index in [1.807, 2.05) is 19.9 Å². The summed E-state index contributed by atoms with van der Waals surface area (Å²) in [7, 11) is 0. The Morgan fingerprint density at radius 1 is 1.24 bits per heavy atom. The molecule has 0 aliphatic carbocycles. The zero-order valence-corrected chi connectivity index (χ0v) is 9.90. The van der Waals surface area contributed by atoms with E-state index < -0.39 is 0 Å². The molecule has 0 aliphatic heterocycles. The number of benzene rings is 1. The van der Waals surface area contributed by atoms with Gasteiger partial charge >= 0.3 is 0 Å². The number of hydrogen-bond donors (Lipinski definition) is 0. The Labute approximate surface area is 100 Å². The van der Waals surface area contributed by atoms with Crippen molar-refractivity contribution in [1.82, 2.24) is 4.98 Å². The number of aryl methyl sites for hydroxylation is 1. The summed E-state index contributed by atoms with van der Waals surface area (Å²) < 4.78 is 19.1. The highest BCUT2D eigenvalue weighted by Crippen LogP contribution is 2.24. The average Bonchev–Trinajstić information content (AvgIpc) is 2.29. The Morgan fingerprint density at radius 2 is 2.06 bits per heavy atom. The average molecular weight is 231 g/mol. The van der Waals surface area contributed by atoms with Crippen molar-refractivity contribution in [3.8, 4) is 17.0 Å². The van der Waals surface area contributed by atoms with Crippen LogP contribution in [0, 0.1) is 12.7 Å². The fraction of sp³-hybridized carbons (Fsp3) is 0.214. The van der Waals surface area contributed by atoms with Crippen LogP contribution in [0.1, 0.15) is 12.5 Å². The maximum absolute atomic E-state index is 13.8. The maximum Gasteiger partial charge on any atom is 0.132 e. The Hall–Kier alpha value is -1.90. The predicted molar refractivity (Wildman–Crippen MR) is 65.5 cm³/mol. The fourth-order valence-electron chi connectivity index (χ4n) is 1.64. The van der Waals surface area contributed by atoms with E-state index in [9.17, 15) is 4.39 Å². The molecule has 1 heterocycles. The van der Waals surface area contributed by atoms with Gasteiger partial charge in [0.2, 0.25) is 0 Å². The molecular weight excluding hydrogens is 217 g/mol. The van der Waals surface area contributed by atoms with E-state index in [4.69, 9.17) is 4.74 Å². The molecule has 2 rings (SSSR count). The third-order valence-corrected chi connectivity index (χ3v) is 2.44. The van der Waals surface area contributed by atoms with Crippen LogP contribution < -0.4 is 4.74 Å². The second-order valence-electron chi connectivity index (χ2n) is 3.79. The topological polar surface area (TPSA) is 22.1 Å². The number of rotatable bonds is 3. The molecule has 2 aromatic rings. The van der Waals surface area contributed by atoms with Gasteiger partial charge in [-0.05, 0) is 37.6 Å². The summed E-state index contributed by atoms with van der Waals surface area (Å²) in [6, 6.07) is 8.62. The molecule has 0 bridgehead atoms. The van der Waals surface area contributed by atoms with Crippen molar-refractivity contribution in [3.05, 3.63) is 47.9 Å². The molecule has 0 atom stereocenters. The van der Waals surface area contributed by atoms with Gasteiger partial charge in [0.05, 0.1) is 12.3 Å². The predicted octanol–water partition coefficient (Wildman–Crippen LogP) is 3.59. The first-order chi connectivity index (χ1) is 8.20. The number of nitrogens with zero attached hydrogens (tertiary/aromatic N) is 1. The lowest BCUT2D eigenvalue weighted by atomic mass is 10.1. The van der Waals surface area contributed by atoms with Crippen LogP contribution in [0.3, 0.4) is 0 Å². The van der Waals surface area contributed by atoms with Crippen molar-refractivity contribution in [3.63, 3.8) is 0 Å². The zero-order chi connectivity index (χ0) is 12.3. The fourth-order valence-corrected chi connectivity index (χ4v) is 1.64. The monoisotopic (exact) mass is 231 g/mol. The van der Waals surface area contributed by atoms with Crippen LogP contribution in [0.5, 0.6) is 5.75 Å². The van der Waals surface area contributed by atoms with E-state index in [2.05, 4.69) is 4.98 Å². The van der Waals surface area contributed by atoms with Gasteiger partial charge in [0, 0.05) is 17.8 Å². The highest BCUT2D eigenvalue weighted by Gasteiger charge is 2.07. The van der Waals surface area contributed by atoms with Crippen molar-refractivity contribution in [2.75, 3.05) is 6.61 Å². The van der Waals surface area contributed by atoms with E-state index in [1.54, 1.807) is 24.4 Å². The van der Waals surface area contributed by atoms with Crippen molar-refractivity contribution < 1.29 is 9.13 Å². The van der Waals surface area contributed by atoms with Crippen molar-refractivity contribution in [2.24, 2.45) is 0 Å². The minimum absolute atomic E-state index is 0.258. The summed E-state index contributed by atoms with van der Waals surface area (Å²) in [5.41, 5.74) is 1.98. The van der Waals surface area contributed by atoms with Crippen LogP contribution in [0.15, 0.2) is 36.5 Å². The van der Waals surface area contributed by atoms with Gasteiger partial charge in [-0.15, -0.1) is 0 Å². The lowest BCUT2D eigenvalue weighted by Gasteiger charge is -2.06. The Balaban J connectivity index is 2.42. The van der Waals surface area contributed by atoms with Crippen molar-refractivity contribution >= 4 is 0 Å². The summed E-state index contributed by atoms with van der Waals surface area (Å²) in [6.45, 7) is 4.35. The van der Waals surface area contributed by atoms with E-state index in [1.165, 1.54) is 6.07 Å². The van der Waals surface area contributed by atoms with Gasteiger partial charge in [0.25, 0.3) is 0 Å². The first kappa shape index (κ1) is 11.6. The molecular formula is C14H14FNO. The Morgan fingerprint density at radius 3 is 2.76 bits per heavy atom. The zero-order valence-electron chi connectivity index (χ0n) is 9.90. The first-order valence-electron chi connectivity index (χ1n) is 5.56. The molecule has 0 saturated heterocycles. The van der Waals surface area contributed by atoms with E-state index in [-0.39, 0.29) is 5.82 Å². The van der Waals surface area contributed by atoms with Gasteiger partial charge in [-0.1, -0.05) is 6.07 Å². The molecule has 2 nitrogen and oxygen atoms in total. The molecule has 17 heavy (non-hydrogen) atoms. The molecule has 0 saturated carbocycles. The van der Waals surface area contributed by atoms with Gasteiger partial charge in [0.15, 0.2) is 0 Å². The van der Waals surface area contributed by atoms with Crippen molar-refractivity contribution in [2.45, 2.75) is 13.8 Å². The third kappa shape index (κ3) is 2.61. The first-order valence-corrected chi connectivity index (χ1v) is 5.56. The van der Waals surface area contributed by atoms with Gasteiger partial charge in [-0.3, -0.25) is 4.98 Å². The molecule has 88 valence electrons. The number of ether oxygens (including phenoxy) is 1. The maximum atomic E-state index is 13.8. The Bertz CT molecular complexity index is 525. The summed E-state index contributed by atoms with van der Waals surface area (Å²) >= 11 is 0. The third-order valence-electron chi connectivity index (χ3n) is 2.44. The highest BCUT2D eigenvalue weighted by atomic mass is 19.1. The molecule has 1 aromatic carbocycles. The minimum atomic E-state index is -0.258. The lowest BCUT2D eigenvalue weighted by Crippen LogP contribution is -1.94. The standard InChI is InChI=1S/C14H14FNO/c1-3-17-11-6-7-16-14(9-11)12-5-4-10(2)8-13(12)15/h4-9H,3H2,1-2H3. The normalized spacial score (nSPS) is 10.3. The van der Waals surface area contributed by atoms with E-state index >= 15 is 0 Å². The molecule has 0 spiro atoms. The molecule has 0 radical (unpaired) electrons. The smallest absolute Gasteiger partial charge is 0.132 e. The van der Waals surface area contributed by atoms with E-state index in [0.29, 0.717) is 23.6 Å². The number of halogens is 1. The lowest BCUT2D eigenvalue weighted by molar-refractivity contribution is 0.340. The molecule has 3 heteroatoms. The van der Waals surface area contributed by atoms with Crippen LogP contribution in [-0.2, 0) is 0 Å². The summed E-state index contributed by atoms with van der Waals surface area (Å²) in [4.78, 5) is 4.16. The quantitative estimate of drug-likeness (QED) is 0.805. The number of aromatic nitrogens is 1. The number of hydrogen-bond acceptors (Lipinski definition) is 2.